The summed E-state index contributed by atoms with van der Waals surface area (Å²) >= 11 is 2.29. The highest BCUT2D eigenvalue weighted by molar-refractivity contribution is 14.1. The van der Waals surface area contributed by atoms with Gasteiger partial charge in [-0.3, -0.25) is 0 Å². The minimum atomic E-state index is -2.22. The van der Waals surface area contributed by atoms with Crippen molar-refractivity contribution in [2.45, 2.75) is 10.6 Å². The molecule has 0 N–H and O–H groups in total. The van der Waals surface area contributed by atoms with Gasteiger partial charge in [-0.15, -0.1) is 0 Å². The molecular formula is C22H21I2O2P. The smallest absolute Gasteiger partial charge is 0.358 e. The molecule has 1 unspecified atom stereocenters. The van der Waals surface area contributed by atoms with Gasteiger partial charge in [0.2, 0.25) is 3.67 Å². The third kappa shape index (κ3) is 4.54. The molecule has 0 amide bonds. The van der Waals surface area contributed by atoms with E-state index in [1.54, 1.807) is 0 Å². The van der Waals surface area contributed by atoms with Crippen LogP contribution < -0.4 is 39.9 Å². The number of carbonyl (C=O) groups is 1. The Morgan fingerprint density at radius 3 is 1.44 bits per heavy atom. The van der Waals surface area contributed by atoms with Crippen molar-refractivity contribution < 1.29 is 33.5 Å². The van der Waals surface area contributed by atoms with Gasteiger partial charge in [-0.2, -0.15) is 0 Å². The van der Waals surface area contributed by atoms with Crippen LogP contribution in [0.1, 0.15) is 6.92 Å². The standard InChI is InChI=1S/C22H21IO2P.HI/c1-2-25-22(24)21(23)26(18-12-6-3-7-13-18,19-14-8-4-9-15-19)20-16-10-5-11-17-20;/h3-17,21H,2H2,1H3;1H/q+1;/p-1. The van der Waals surface area contributed by atoms with Crippen LogP contribution in [0.4, 0.5) is 0 Å². The largest absolute Gasteiger partial charge is 1.00 e. The summed E-state index contributed by atoms with van der Waals surface area (Å²) in [6.45, 7) is 2.24. The molecule has 0 radical (unpaired) electrons. The lowest BCUT2D eigenvalue weighted by molar-refractivity contribution is -0.140. The fourth-order valence-corrected chi connectivity index (χ4v) is 10.3. The van der Waals surface area contributed by atoms with E-state index in [1.807, 2.05) is 61.5 Å². The zero-order valence-corrected chi connectivity index (χ0v) is 20.2. The number of hydrogen-bond acceptors (Lipinski definition) is 2. The van der Waals surface area contributed by atoms with Crippen molar-refractivity contribution in [1.82, 2.24) is 0 Å². The van der Waals surface area contributed by atoms with Crippen LogP contribution >= 0.6 is 29.9 Å². The number of esters is 1. The van der Waals surface area contributed by atoms with Gasteiger partial charge >= 0.3 is 5.97 Å². The Labute approximate surface area is 192 Å². The van der Waals surface area contributed by atoms with Gasteiger partial charge in [0.1, 0.15) is 23.2 Å². The van der Waals surface area contributed by atoms with Crippen LogP contribution in [0.5, 0.6) is 0 Å². The fraction of sp³-hybridized carbons (Fsp3) is 0.136. The number of carbonyl (C=O) groups excluding carboxylic acids is 1. The minimum Gasteiger partial charge on any atom is -1.00 e. The molecule has 0 saturated carbocycles. The molecule has 0 aliphatic rings. The molecule has 0 aliphatic heterocycles. The number of benzene rings is 3. The lowest BCUT2D eigenvalue weighted by atomic mass is 10.4. The van der Waals surface area contributed by atoms with Crippen LogP contribution in [0.2, 0.25) is 0 Å². The third-order valence-corrected chi connectivity index (χ3v) is 11.6. The van der Waals surface area contributed by atoms with Crippen molar-refractivity contribution in [3.05, 3.63) is 91.0 Å². The monoisotopic (exact) mass is 602 g/mol. The number of hydrogen-bond donors (Lipinski definition) is 0. The van der Waals surface area contributed by atoms with Crippen molar-refractivity contribution in [2.75, 3.05) is 6.61 Å². The number of rotatable bonds is 6. The van der Waals surface area contributed by atoms with E-state index in [1.165, 1.54) is 15.9 Å². The van der Waals surface area contributed by atoms with E-state index in [9.17, 15) is 4.79 Å². The number of alkyl halides is 1. The maximum Gasteiger partial charge on any atom is 0.358 e. The van der Waals surface area contributed by atoms with E-state index in [0.29, 0.717) is 6.61 Å². The Hall–Kier alpha value is -0.980. The Morgan fingerprint density at radius 1 is 0.815 bits per heavy atom. The second-order valence-electron chi connectivity index (χ2n) is 5.82. The Bertz CT molecular complexity index is 745. The van der Waals surface area contributed by atoms with E-state index in [-0.39, 0.29) is 33.6 Å². The molecule has 0 bridgehead atoms. The summed E-state index contributed by atoms with van der Waals surface area (Å²) in [7, 11) is -2.22. The topological polar surface area (TPSA) is 26.3 Å². The van der Waals surface area contributed by atoms with Gasteiger partial charge in [-0.05, 0) is 65.9 Å². The first-order valence-electron chi connectivity index (χ1n) is 8.57. The molecule has 140 valence electrons. The molecule has 3 aromatic carbocycles. The van der Waals surface area contributed by atoms with E-state index in [4.69, 9.17) is 4.74 Å². The SMILES string of the molecule is CCOC(=O)C(I)[P+](c1ccccc1)(c1ccccc1)c1ccccc1.[I-]. The quantitative estimate of drug-likeness (QED) is 0.184. The molecule has 1 atom stereocenters. The molecule has 0 aromatic heterocycles. The van der Waals surface area contributed by atoms with Gasteiger partial charge in [0, 0.05) is 0 Å². The predicted molar refractivity (Wildman–Crippen MR) is 120 cm³/mol. The summed E-state index contributed by atoms with van der Waals surface area (Å²) in [5.41, 5.74) is 0. The second kappa shape index (κ2) is 10.5. The minimum absolute atomic E-state index is 0. The second-order valence-corrected chi connectivity index (χ2v) is 11.6. The summed E-state index contributed by atoms with van der Waals surface area (Å²) < 4.78 is 5.16. The molecule has 0 saturated heterocycles. The highest BCUT2D eigenvalue weighted by Crippen LogP contribution is 2.62. The molecular weight excluding hydrogens is 581 g/mol. The van der Waals surface area contributed by atoms with Crippen molar-refractivity contribution in [3.63, 3.8) is 0 Å². The first-order chi connectivity index (χ1) is 12.7. The molecule has 0 fully saturated rings. The lowest BCUT2D eigenvalue weighted by Gasteiger charge is -2.30. The van der Waals surface area contributed by atoms with Gasteiger partial charge in [-0.1, -0.05) is 54.6 Å². The van der Waals surface area contributed by atoms with Crippen LogP contribution in [0.15, 0.2) is 91.0 Å². The molecule has 5 heteroatoms. The van der Waals surface area contributed by atoms with Gasteiger partial charge < -0.3 is 28.7 Å². The maximum atomic E-state index is 12.9. The van der Waals surface area contributed by atoms with E-state index < -0.39 is 7.26 Å². The van der Waals surface area contributed by atoms with Gasteiger partial charge in [-0.25, -0.2) is 4.79 Å². The summed E-state index contributed by atoms with van der Waals surface area (Å²) in [5.74, 6) is -0.155. The highest BCUT2D eigenvalue weighted by atomic mass is 127. The first kappa shape index (κ1) is 22.3. The van der Waals surface area contributed by atoms with Gasteiger partial charge in [0.15, 0.2) is 0 Å². The lowest BCUT2D eigenvalue weighted by Crippen LogP contribution is -3.00. The normalized spacial score (nSPS) is 11.9. The molecule has 27 heavy (non-hydrogen) atoms. The average Bonchev–Trinajstić information content (AvgIpc) is 2.71. The van der Waals surface area contributed by atoms with Crippen LogP contribution in [-0.4, -0.2) is 16.2 Å². The number of ether oxygens (including phenoxy) is 1. The van der Waals surface area contributed by atoms with Gasteiger partial charge in [0.05, 0.1) is 6.61 Å². The van der Waals surface area contributed by atoms with Gasteiger partial charge in [0.25, 0.3) is 0 Å². The van der Waals surface area contributed by atoms with Crippen molar-refractivity contribution >= 4 is 51.7 Å². The highest BCUT2D eigenvalue weighted by Gasteiger charge is 2.55. The molecule has 0 spiro atoms. The third-order valence-electron chi connectivity index (χ3n) is 4.31. The predicted octanol–water partition coefficient (Wildman–Crippen LogP) is 1.31. The molecule has 3 rings (SSSR count). The van der Waals surface area contributed by atoms with Crippen molar-refractivity contribution in [2.24, 2.45) is 0 Å². The van der Waals surface area contributed by atoms with Crippen LogP contribution in [0, 0.1) is 0 Å². The molecule has 3 aromatic rings. The van der Waals surface area contributed by atoms with Crippen molar-refractivity contribution in [1.29, 1.82) is 0 Å². The van der Waals surface area contributed by atoms with Crippen LogP contribution in [0.3, 0.4) is 0 Å². The van der Waals surface area contributed by atoms with E-state index in [0.717, 1.165) is 0 Å². The molecule has 2 nitrogen and oxygen atoms in total. The van der Waals surface area contributed by atoms with Crippen LogP contribution in [-0.2, 0) is 9.53 Å². The fourth-order valence-electron chi connectivity index (χ4n) is 3.20. The van der Waals surface area contributed by atoms with E-state index >= 15 is 0 Å². The average molecular weight is 602 g/mol. The number of halogens is 2. The summed E-state index contributed by atoms with van der Waals surface area (Å²) in [5, 5.41) is 3.56. The molecule has 0 heterocycles. The Morgan fingerprint density at radius 2 is 1.15 bits per heavy atom. The Balaban J connectivity index is 0.00000261. The summed E-state index contributed by atoms with van der Waals surface area (Å²) in [6, 6.07) is 31.1. The van der Waals surface area contributed by atoms with Crippen LogP contribution in [0.25, 0.3) is 0 Å². The maximum absolute atomic E-state index is 12.9. The summed E-state index contributed by atoms with van der Waals surface area (Å²) in [6.07, 6.45) is 0. The zero-order valence-electron chi connectivity index (χ0n) is 15.0. The van der Waals surface area contributed by atoms with E-state index in [2.05, 4.69) is 59.0 Å². The van der Waals surface area contributed by atoms with Crippen molar-refractivity contribution in [3.8, 4) is 0 Å². The Kier molecular flexibility index (Phi) is 8.70. The summed E-state index contributed by atoms with van der Waals surface area (Å²) in [4.78, 5) is 12.9. The zero-order chi connectivity index (χ0) is 18.4. The molecule has 0 aliphatic carbocycles. The first-order valence-corrected chi connectivity index (χ1v) is 11.7.